The van der Waals surface area contributed by atoms with Gasteiger partial charge in [-0.1, -0.05) is 0 Å². The monoisotopic (exact) mass is 491 g/mol. The molecule has 0 radical (unpaired) electrons. The van der Waals surface area contributed by atoms with E-state index in [4.69, 9.17) is 0 Å². The Morgan fingerprint density at radius 2 is 0.767 bits per heavy atom. The summed E-state index contributed by atoms with van der Waals surface area (Å²) in [6.07, 6.45) is -11.3. The lowest BCUT2D eigenvalue weighted by Gasteiger charge is -2.42. The quantitative estimate of drug-likeness (QED) is 0.292. The Labute approximate surface area is 155 Å². The number of hydrogen-bond donors (Lipinski definition) is 1. The highest BCUT2D eigenvalue weighted by atomic mass is 19.4. The lowest BCUT2D eigenvalue weighted by Crippen LogP contribution is -2.74. The van der Waals surface area contributed by atoms with E-state index in [0.717, 1.165) is 7.05 Å². The zero-order chi connectivity index (χ0) is 24.8. The third kappa shape index (κ3) is 3.87. The van der Waals surface area contributed by atoms with E-state index in [9.17, 15) is 74.6 Å². The van der Waals surface area contributed by atoms with Crippen LogP contribution in [-0.4, -0.2) is 61.2 Å². The standard InChI is InChI=1S/C12H10F17N/c1-30-4-2-3-5(13,14)6(15,16)7(17,18)8(19,20)9(21,22)10(23,24)11(25,26)12(27,28)29/h30H,2-4H2,1H3. The van der Waals surface area contributed by atoms with Crippen molar-refractivity contribution in [3.05, 3.63) is 0 Å². The summed E-state index contributed by atoms with van der Waals surface area (Å²) >= 11 is 0. The van der Waals surface area contributed by atoms with Gasteiger partial charge in [0, 0.05) is 6.42 Å². The molecular weight excluding hydrogens is 481 g/mol. The summed E-state index contributed by atoms with van der Waals surface area (Å²) < 4.78 is 220. The van der Waals surface area contributed by atoms with Gasteiger partial charge in [0.05, 0.1) is 0 Å². The summed E-state index contributed by atoms with van der Waals surface area (Å²) in [6.45, 7) is -0.639. The molecule has 0 fully saturated rings. The average molecular weight is 491 g/mol. The summed E-state index contributed by atoms with van der Waals surface area (Å²) in [5, 5.41) is 2.01. The van der Waals surface area contributed by atoms with Gasteiger partial charge >= 0.3 is 47.6 Å². The maximum atomic E-state index is 13.4. The van der Waals surface area contributed by atoms with Gasteiger partial charge in [-0.05, 0) is 20.0 Å². The van der Waals surface area contributed by atoms with Crippen LogP contribution >= 0.6 is 0 Å². The first kappa shape index (κ1) is 28.8. The maximum absolute atomic E-state index is 13.4. The lowest BCUT2D eigenvalue weighted by atomic mass is 9.88. The first-order chi connectivity index (χ1) is 12.8. The number of nitrogens with one attached hydrogen (secondary N) is 1. The number of rotatable bonds is 10. The molecule has 0 aromatic carbocycles. The van der Waals surface area contributed by atoms with Gasteiger partial charge in [0.1, 0.15) is 0 Å². The summed E-state index contributed by atoms with van der Waals surface area (Å²) in [6, 6.07) is 0. The summed E-state index contributed by atoms with van der Waals surface area (Å²) in [7, 11) is 1.02. The molecule has 0 heterocycles. The van der Waals surface area contributed by atoms with Gasteiger partial charge in [-0.2, -0.15) is 74.6 Å². The Morgan fingerprint density at radius 3 is 1.07 bits per heavy atom. The van der Waals surface area contributed by atoms with E-state index in [1.807, 2.05) is 5.32 Å². The molecule has 0 rings (SSSR count). The molecule has 1 N–H and O–H groups in total. The van der Waals surface area contributed by atoms with Gasteiger partial charge in [-0.15, -0.1) is 0 Å². The minimum absolute atomic E-state index is 0.639. The Hall–Kier alpha value is -1.23. The lowest BCUT2D eigenvalue weighted by molar-refractivity contribution is -0.461. The fraction of sp³-hybridized carbons (Fsp3) is 1.00. The molecule has 0 aromatic rings. The van der Waals surface area contributed by atoms with Crippen molar-refractivity contribution in [3.63, 3.8) is 0 Å². The molecule has 18 heteroatoms. The van der Waals surface area contributed by atoms with Crippen LogP contribution in [0.2, 0.25) is 0 Å². The van der Waals surface area contributed by atoms with Crippen LogP contribution in [0, 0.1) is 0 Å². The molecule has 0 saturated carbocycles. The van der Waals surface area contributed by atoms with Crippen molar-refractivity contribution in [1.82, 2.24) is 5.32 Å². The zero-order valence-electron chi connectivity index (χ0n) is 14.0. The van der Waals surface area contributed by atoms with Crippen molar-refractivity contribution < 1.29 is 74.6 Å². The van der Waals surface area contributed by atoms with Gasteiger partial charge < -0.3 is 5.32 Å². The fourth-order valence-electron chi connectivity index (χ4n) is 1.84. The largest absolute Gasteiger partial charge is 0.460 e. The Morgan fingerprint density at radius 1 is 0.467 bits per heavy atom. The van der Waals surface area contributed by atoms with E-state index in [-0.39, 0.29) is 0 Å². The van der Waals surface area contributed by atoms with Crippen molar-refractivity contribution in [1.29, 1.82) is 0 Å². The van der Waals surface area contributed by atoms with Gasteiger partial charge in [0.2, 0.25) is 0 Å². The third-order valence-corrected chi connectivity index (χ3v) is 3.70. The highest BCUT2D eigenvalue weighted by molar-refractivity contribution is 5.15. The van der Waals surface area contributed by atoms with Crippen LogP contribution in [0.1, 0.15) is 12.8 Å². The van der Waals surface area contributed by atoms with Crippen LogP contribution in [0.25, 0.3) is 0 Å². The molecule has 0 spiro atoms. The topological polar surface area (TPSA) is 12.0 Å². The Bertz CT molecular complexity index is 590. The number of hydrogen-bond acceptors (Lipinski definition) is 1. The summed E-state index contributed by atoms with van der Waals surface area (Å²) in [5.41, 5.74) is 0. The molecule has 1 nitrogen and oxygen atoms in total. The van der Waals surface area contributed by atoms with E-state index in [1.54, 1.807) is 0 Å². The van der Waals surface area contributed by atoms with E-state index >= 15 is 0 Å². The minimum Gasteiger partial charge on any atom is -0.320 e. The Kier molecular flexibility index (Phi) is 7.40. The molecule has 0 aliphatic rings. The molecule has 0 aromatic heterocycles. The highest BCUT2D eigenvalue weighted by Gasteiger charge is 2.95. The SMILES string of the molecule is CNCCCC(F)(F)C(F)(F)C(F)(F)C(F)(F)C(F)(F)C(F)(F)C(F)(F)C(F)(F)F. The second kappa shape index (κ2) is 7.72. The molecular formula is C12H10F17N. The van der Waals surface area contributed by atoms with E-state index in [2.05, 4.69) is 0 Å². The second-order valence-corrected chi connectivity index (χ2v) is 5.86. The molecule has 0 bridgehead atoms. The van der Waals surface area contributed by atoms with Gasteiger partial charge in [0.25, 0.3) is 0 Å². The fourth-order valence-corrected chi connectivity index (χ4v) is 1.84. The van der Waals surface area contributed by atoms with E-state index in [1.165, 1.54) is 0 Å². The van der Waals surface area contributed by atoms with Crippen LogP contribution in [0.4, 0.5) is 74.6 Å². The molecule has 30 heavy (non-hydrogen) atoms. The first-order valence-electron chi connectivity index (χ1n) is 7.17. The summed E-state index contributed by atoms with van der Waals surface area (Å²) in [5.74, 6) is -55.8. The van der Waals surface area contributed by atoms with Gasteiger partial charge in [0.15, 0.2) is 0 Å². The second-order valence-electron chi connectivity index (χ2n) is 5.86. The minimum atomic E-state index is -8.58. The van der Waals surface area contributed by atoms with Crippen LogP contribution in [0.5, 0.6) is 0 Å². The molecule has 0 aliphatic heterocycles. The highest BCUT2D eigenvalue weighted by Crippen LogP contribution is 2.64. The molecule has 182 valence electrons. The van der Waals surface area contributed by atoms with Gasteiger partial charge in [-0.25, -0.2) is 0 Å². The van der Waals surface area contributed by atoms with Crippen molar-refractivity contribution in [2.45, 2.75) is 60.5 Å². The van der Waals surface area contributed by atoms with Crippen molar-refractivity contribution in [3.8, 4) is 0 Å². The van der Waals surface area contributed by atoms with Crippen LogP contribution in [-0.2, 0) is 0 Å². The van der Waals surface area contributed by atoms with Crippen molar-refractivity contribution in [2.24, 2.45) is 0 Å². The zero-order valence-corrected chi connectivity index (χ0v) is 14.0. The van der Waals surface area contributed by atoms with Crippen LogP contribution < -0.4 is 5.32 Å². The van der Waals surface area contributed by atoms with E-state index in [0.29, 0.717) is 0 Å². The molecule has 0 saturated heterocycles. The van der Waals surface area contributed by atoms with Gasteiger partial charge in [-0.3, -0.25) is 0 Å². The van der Waals surface area contributed by atoms with Crippen LogP contribution in [0.15, 0.2) is 0 Å². The molecule has 0 amide bonds. The average Bonchev–Trinajstić information content (AvgIpc) is 2.52. The third-order valence-electron chi connectivity index (χ3n) is 3.70. The predicted octanol–water partition coefficient (Wildman–Crippen LogP) is 6.00. The van der Waals surface area contributed by atoms with E-state index < -0.39 is 67.0 Å². The first-order valence-corrected chi connectivity index (χ1v) is 7.17. The smallest absolute Gasteiger partial charge is 0.320 e. The Balaban J connectivity index is 6.48. The van der Waals surface area contributed by atoms with Crippen LogP contribution in [0.3, 0.4) is 0 Å². The molecule has 0 aliphatic carbocycles. The molecule has 0 atom stereocenters. The normalized spacial score (nSPS) is 16.2. The number of alkyl halides is 17. The predicted molar refractivity (Wildman–Crippen MR) is 63.8 cm³/mol. The maximum Gasteiger partial charge on any atom is 0.460 e. The van der Waals surface area contributed by atoms with Crippen molar-refractivity contribution >= 4 is 0 Å². The molecule has 0 unspecified atom stereocenters. The number of halogens is 17. The van der Waals surface area contributed by atoms with Crippen molar-refractivity contribution in [2.75, 3.05) is 13.6 Å². The summed E-state index contributed by atoms with van der Waals surface area (Å²) in [4.78, 5) is 0.